The third kappa shape index (κ3) is 4.69. The SMILES string of the molecule is COC(=O)C1C(C)=NC(C)=C(C(=O)OCC=Cc2ccccc2)C1c1cccc2ccccc12. The van der Waals surface area contributed by atoms with Crippen LogP contribution in [0.1, 0.15) is 30.9 Å². The van der Waals surface area contributed by atoms with Crippen LogP contribution < -0.4 is 0 Å². The molecule has 0 radical (unpaired) electrons. The molecule has 2 atom stereocenters. The highest BCUT2D eigenvalue weighted by Gasteiger charge is 2.42. The average Bonchev–Trinajstić information content (AvgIpc) is 2.86. The first kappa shape index (κ1) is 23.2. The van der Waals surface area contributed by atoms with E-state index in [0.717, 1.165) is 21.9 Å². The average molecular weight is 454 g/mol. The van der Waals surface area contributed by atoms with E-state index in [4.69, 9.17) is 9.47 Å². The summed E-state index contributed by atoms with van der Waals surface area (Å²) < 4.78 is 10.8. The number of ether oxygens (including phenoxy) is 2. The highest BCUT2D eigenvalue weighted by Crippen LogP contribution is 2.42. The third-order valence-electron chi connectivity index (χ3n) is 6.08. The number of methoxy groups -OCH3 is 1. The summed E-state index contributed by atoms with van der Waals surface area (Å²) in [6, 6.07) is 23.6. The lowest BCUT2D eigenvalue weighted by molar-refractivity contribution is -0.143. The van der Waals surface area contributed by atoms with Gasteiger partial charge in [-0.05, 0) is 41.8 Å². The molecule has 0 spiro atoms. The predicted octanol–water partition coefficient (Wildman–Crippen LogP) is 5.72. The van der Waals surface area contributed by atoms with Crippen molar-refractivity contribution >= 4 is 34.5 Å². The number of carbonyl (C=O) groups excluding carboxylic acids is 2. The van der Waals surface area contributed by atoms with Gasteiger partial charge >= 0.3 is 11.9 Å². The van der Waals surface area contributed by atoms with Crippen molar-refractivity contribution in [3.63, 3.8) is 0 Å². The first-order valence-corrected chi connectivity index (χ1v) is 11.2. The summed E-state index contributed by atoms with van der Waals surface area (Å²) in [5, 5.41) is 2.00. The Bertz CT molecular complexity index is 1300. The Morgan fingerprint density at radius 1 is 0.941 bits per heavy atom. The van der Waals surface area contributed by atoms with Crippen LogP contribution in [-0.2, 0) is 19.1 Å². The molecule has 4 rings (SSSR count). The van der Waals surface area contributed by atoms with Crippen LogP contribution in [-0.4, -0.2) is 31.4 Å². The molecule has 3 aromatic carbocycles. The van der Waals surface area contributed by atoms with Crippen molar-refractivity contribution < 1.29 is 19.1 Å². The van der Waals surface area contributed by atoms with Gasteiger partial charge in [-0.2, -0.15) is 0 Å². The van der Waals surface area contributed by atoms with E-state index >= 15 is 0 Å². The van der Waals surface area contributed by atoms with E-state index in [2.05, 4.69) is 4.99 Å². The van der Waals surface area contributed by atoms with Crippen LogP contribution in [0.15, 0.2) is 95.1 Å². The minimum Gasteiger partial charge on any atom is -0.468 e. The highest BCUT2D eigenvalue weighted by atomic mass is 16.5. The smallest absolute Gasteiger partial charge is 0.336 e. The molecule has 0 amide bonds. The number of benzene rings is 3. The molecule has 2 unspecified atom stereocenters. The Balaban J connectivity index is 1.72. The Kier molecular flexibility index (Phi) is 7.02. The van der Waals surface area contributed by atoms with Crippen molar-refractivity contribution in [2.24, 2.45) is 10.9 Å². The highest BCUT2D eigenvalue weighted by molar-refractivity contribution is 6.08. The van der Waals surface area contributed by atoms with Crippen molar-refractivity contribution in [1.29, 1.82) is 0 Å². The molecule has 0 aromatic heterocycles. The Morgan fingerprint density at radius 2 is 1.65 bits per heavy atom. The minimum absolute atomic E-state index is 0.109. The zero-order valence-electron chi connectivity index (χ0n) is 19.5. The molecular weight excluding hydrogens is 426 g/mol. The van der Waals surface area contributed by atoms with Gasteiger partial charge < -0.3 is 9.47 Å². The molecule has 5 heteroatoms. The Labute approximate surface area is 199 Å². The zero-order valence-corrected chi connectivity index (χ0v) is 19.5. The van der Waals surface area contributed by atoms with E-state index in [1.54, 1.807) is 19.9 Å². The second-order valence-corrected chi connectivity index (χ2v) is 8.21. The van der Waals surface area contributed by atoms with Crippen molar-refractivity contribution in [3.8, 4) is 0 Å². The second-order valence-electron chi connectivity index (χ2n) is 8.21. The van der Waals surface area contributed by atoms with Gasteiger partial charge in [-0.3, -0.25) is 9.79 Å². The summed E-state index contributed by atoms with van der Waals surface area (Å²) in [5.41, 5.74) is 3.43. The molecule has 0 bridgehead atoms. The van der Waals surface area contributed by atoms with Gasteiger partial charge in [-0.1, -0.05) is 78.9 Å². The lowest BCUT2D eigenvalue weighted by Crippen LogP contribution is -2.36. The second kappa shape index (κ2) is 10.3. The standard InChI is InChI=1S/C29H27NO4/c1-19-25(28(31)33-3)27(24-17-9-15-22-14-7-8-16-23(22)24)26(20(2)30-19)29(32)34-18-10-13-21-11-5-4-6-12-21/h4-17,25,27H,18H2,1-3H3. The van der Waals surface area contributed by atoms with E-state index in [0.29, 0.717) is 17.0 Å². The zero-order chi connectivity index (χ0) is 24.1. The molecule has 1 heterocycles. The fourth-order valence-corrected chi connectivity index (χ4v) is 4.54. The van der Waals surface area contributed by atoms with E-state index in [1.807, 2.05) is 78.9 Å². The number of fused-ring (bicyclic) bond motifs is 1. The number of aliphatic imine (C=N–C) groups is 1. The van der Waals surface area contributed by atoms with Gasteiger partial charge in [0, 0.05) is 17.3 Å². The van der Waals surface area contributed by atoms with Crippen LogP contribution in [0.4, 0.5) is 0 Å². The van der Waals surface area contributed by atoms with Crippen LogP contribution in [0.3, 0.4) is 0 Å². The van der Waals surface area contributed by atoms with Crippen molar-refractivity contribution in [1.82, 2.24) is 0 Å². The number of rotatable bonds is 6. The van der Waals surface area contributed by atoms with Crippen LogP contribution in [0.5, 0.6) is 0 Å². The Morgan fingerprint density at radius 3 is 2.41 bits per heavy atom. The number of esters is 2. The maximum absolute atomic E-state index is 13.4. The van der Waals surface area contributed by atoms with Crippen LogP contribution in [0.25, 0.3) is 16.8 Å². The van der Waals surface area contributed by atoms with Gasteiger partial charge in [0.2, 0.25) is 0 Å². The molecule has 0 N–H and O–H groups in total. The lowest BCUT2D eigenvalue weighted by atomic mass is 9.74. The molecule has 172 valence electrons. The largest absolute Gasteiger partial charge is 0.468 e. The molecule has 34 heavy (non-hydrogen) atoms. The van der Waals surface area contributed by atoms with Gasteiger partial charge in [0.1, 0.15) is 12.5 Å². The molecule has 0 fully saturated rings. The number of hydrogen-bond donors (Lipinski definition) is 0. The fraction of sp³-hybridized carbons (Fsp3) is 0.207. The summed E-state index contributed by atoms with van der Waals surface area (Å²) in [5.74, 6) is -2.21. The number of hydrogen-bond acceptors (Lipinski definition) is 5. The number of carbonyl (C=O) groups is 2. The van der Waals surface area contributed by atoms with Gasteiger partial charge in [0.15, 0.2) is 0 Å². The maximum atomic E-state index is 13.4. The fourth-order valence-electron chi connectivity index (χ4n) is 4.54. The summed E-state index contributed by atoms with van der Waals surface area (Å²) in [7, 11) is 1.35. The quantitative estimate of drug-likeness (QED) is 0.448. The predicted molar refractivity (Wildman–Crippen MR) is 134 cm³/mol. The molecule has 0 saturated carbocycles. The number of allylic oxidation sites excluding steroid dienone is 1. The van der Waals surface area contributed by atoms with Crippen LogP contribution in [0.2, 0.25) is 0 Å². The van der Waals surface area contributed by atoms with Crippen molar-refractivity contribution in [2.45, 2.75) is 19.8 Å². The molecule has 0 saturated heterocycles. The molecular formula is C29H27NO4. The molecule has 1 aliphatic rings. The van der Waals surface area contributed by atoms with E-state index in [1.165, 1.54) is 7.11 Å². The number of nitrogens with zero attached hydrogens (tertiary/aromatic N) is 1. The summed E-state index contributed by atoms with van der Waals surface area (Å²) in [6.45, 7) is 3.69. The van der Waals surface area contributed by atoms with Crippen molar-refractivity contribution in [2.75, 3.05) is 13.7 Å². The topological polar surface area (TPSA) is 65.0 Å². The minimum atomic E-state index is -0.720. The first-order valence-electron chi connectivity index (χ1n) is 11.2. The summed E-state index contributed by atoms with van der Waals surface area (Å²) >= 11 is 0. The van der Waals surface area contributed by atoms with Gasteiger partial charge in [0.05, 0.1) is 12.7 Å². The third-order valence-corrected chi connectivity index (χ3v) is 6.08. The van der Waals surface area contributed by atoms with Gasteiger partial charge in [-0.15, -0.1) is 0 Å². The van der Waals surface area contributed by atoms with E-state index < -0.39 is 23.8 Å². The summed E-state index contributed by atoms with van der Waals surface area (Å²) in [4.78, 5) is 30.8. The van der Waals surface area contributed by atoms with Crippen molar-refractivity contribution in [3.05, 3.63) is 101 Å². The van der Waals surface area contributed by atoms with E-state index in [-0.39, 0.29) is 6.61 Å². The van der Waals surface area contributed by atoms with Gasteiger partial charge in [0.25, 0.3) is 0 Å². The van der Waals surface area contributed by atoms with Gasteiger partial charge in [-0.25, -0.2) is 4.79 Å². The molecule has 5 nitrogen and oxygen atoms in total. The monoisotopic (exact) mass is 453 g/mol. The Hall–Kier alpha value is -3.99. The van der Waals surface area contributed by atoms with Crippen LogP contribution in [0, 0.1) is 5.92 Å². The van der Waals surface area contributed by atoms with Crippen LogP contribution >= 0.6 is 0 Å². The molecule has 0 aliphatic carbocycles. The lowest BCUT2D eigenvalue weighted by Gasteiger charge is -2.32. The molecule has 3 aromatic rings. The molecule has 1 aliphatic heterocycles. The maximum Gasteiger partial charge on any atom is 0.336 e. The summed E-state index contributed by atoms with van der Waals surface area (Å²) in [6.07, 6.45) is 3.70. The van der Waals surface area contributed by atoms with E-state index in [9.17, 15) is 9.59 Å². The first-order chi connectivity index (χ1) is 16.5. The normalized spacial score (nSPS) is 18.1.